The number of hydrogen-bond acceptors (Lipinski definition) is 3. The Labute approximate surface area is 103 Å². The van der Waals surface area contributed by atoms with E-state index in [4.69, 9.17) is 0 Å². The maximum Gasteiger partial charge on any atom is 0.129 e. The van der Waals surface area contributed by atoms with Crippen LogP contribution in [0.25, 0.3) is 0 Å². The van der Waals surface area contributed by atoms with Crippen LogP contribution in [0.3, 0.4) is 0 Å². The zero-order chi connectivity index (χ0) is 11.7. The number of aromatic nitrogens is 1. The first-order valence-corrected chi connectivity index (χ1v) is 6.78. The third-order valence-electron chi connectivity index (χ3n) is 4.03. The zero-order valence-corrected chi connectivity index (χ0v) is 10.5. The number of aryl methyl sites for hydroxylation is 1. The van der Waals surface area contributed by atoms with Crippen molar-refractivity contribution in [2.24, 2.45) is 0 Å². The summed E-state index contributed by atoms with van der Waals surface area (Å²) in [6, 6.07) is 7.68. The first kappa shape index (κ1) is 11.0. The van der Waals surface area contributed by atoms with Crippen LogP contribution >= 0.6 is 0 Å². The van der Waals surface area contributed by atoms with Crippen molar-refractivity contribution in [3.63, 3.8) is 0 Å². The fourth-order valence-corrected chi connectivity index (χ4v) is 3.22. The van der Waals surface area contributed by atoms with Crippen LogP contribution in [0.5, 0.6) is 0 Å². The molecular formula is C14H21N3. The molecule has 3 rings (SSSR count). The van der Waals surface area contributed by atoms with Gasteiger partial charge in [0.15, 0.2) is 0 Å². The summed E-state index contributed by atoms with van der Waals surface area (Å²) in [6.07, 6.45) is 5.27. The van der Waals surface area contributed by atoms with Gasteiger partial charge in [0.2, 0.25) is 0 Å². The Kier molecular flexibility index (Phi) is 3.02. The molecule has 1 aromatic heterocycles. The second-order valence-electron chi connectivity index (χ2n) is 5.24. The molecule has 3 nitrogen and oxygen atoms in total. The summed E-state index contributed by atoms with van der Waals surface area (Å²) in [5, 5.41) is 3.64. The Morgan fingerprint density at radius 3 is 3.00 bits per heavy atom. The van der Waals surface area contributed by atoms with Gasteiger partial charge in [-0.2, -0.15) is 0 Å². The average Bonchev–Trinajstić information content (AvgIpc) is 3.00. The lowest BCUT2D eigenvalue weighted by molar-refractivity contribution is 0.481. The van der Waals surface area contributed by atoms with E-state index < -0.39 is 0 Å². The molecule has 1 aromatic rings. The molecule has 2 aliphatic rings. The molecule has 2 saturated heterocycles. The van der Waals surface area contributed by atoms with Gasteiger partial charge >= 0.3 is 0 Å². The number of nitrogens with one attached hydrogen (secondary N) is 1. The van der Waals surface area contributed by atoms with E-state index in [1.807, 2.05) is 0 Å². The second-order valence-corrected chi connectivity index (χ2v) is 5.24. The van der Waals surface area contributed by atoms with E-state index in [2.05, 4.69) is 40.3 Å². The van der Waals surface area contributed by atoms with Crippen molar-refractivity contribution in [1.82, 2.24) is 10.3 Å². The normalized spacial score (nSPS) is 28.9. The Hall–Kier alpha value is -1.09. The first-order valence-electron chi connectivity index (χ1n) is 6.78. The summed E-state index contributed by atoms with van der Waals surface area (Å²) in [5.74, 6) is 1.17. The van der Waals surface area contributed by atoms with Crippen LogP contribution in [0.4, 0.5) is 5.82 Å². The van der Waals surface area contributed by atoms with Crippen molar-refractivity contribution >= 4 is 5.82 Å². The van der Waals surface area contributed by atoms with Crippen molar-refractivity contribution in [2.45, 2.75) is 44.7 Å². The lowest BCUT2D eigenvalue weighted by Gasteiger charge is -2.30. The van der Waals surface area contributed by atoms with Gasteiger partial charge in [-0.3, -0.25) is 0 Å². The van der Waals surface area contributed by atoms with Gasteiger partial charge in [0, 0.05) is 24.3 Å². The molecule has 0 saturated carbocycles. The molecule has 2 fully saturated rings. The molecule has 2 unspecified atom stereocenters. The van der Waals surface area contributed by atoms with Gasteiger partial charge < -0.3 is 10.2 Å². The van der Waals surface area contributed by atoms with Crippen molar-refractivity contribution in [3.8, 4) is 0 Å². The molecular weight excluding hydrogens is 210 g/mol. The van der Waals surface area contributed by atoms with Gasteiger partial charge in [-0.25, -0.2) is 4.98 Å². The van der Waals surface area contributed by atoms with Crippen LogP contribution in [0.1, 0.15) is 31.4 Å². The molecule has 2 atom stereocenters. The molecule has 0 radical (unpaired) electrons. The second kappa shape index (κ2) is 4.65. The molecule has 0 amide bonds. The predicted octanol–water partition coefficient (Wildman–Crippen LogP) is 2.11. The molecule has 1 N–H and O–H groups in total. The summed E-state index contributed by atoms with van der Waals surface area (Å²) in [6.45, 7) is 4.43. The Morgan fingerprint density at radius 1 is 1.29 bits per heavy atom. The minimum absolute atomic E-state index is 0.659. The fourth-order valence-electron chi connectivity index (χ4n) is 3.22. The molecule has 17 heavy (non-hydrogen) atoms. The maximum atomic E-state index is 4.67. The highest BCUT2D eigenvalue weighted by Gasteiger charge is 2.33. The summed E-state index contributed by atoms with van der Waals surface area (Å²) < 4.78 is 0. The Bertz CT molecular complexity index is 385. The molecule has 3 heterocycles. The summed E-state index contributed by atoms with van der Waals surface area (Å²) in [5.41, 5.74) is 1.12. The highest BCUT2D eigenvalue weighted by Crippen LogP contribution is 2.28. The summed E-state index contributed by atoms with van der Waals surface area (Å²) in [4.78, 5) is 7.18. The topological polar surface area (TPSA) is 28.2 Å². The third kappa shape index (κ3) is 2.16. The minimum atomic E-state index is 0.659. The van der Waals surface area contributed by atoms with Gasteiger partial charge in [0.1, 0.15) is 5.82 Å². The molecule has 2 aliphatic heterocycles. The minimum Gasteiger partial charge on any atom is -0.352 e. The number of pyridine rings is 1. The number of anilines is 1. The molecule has 0 spiro atoms. The summed E-state index contributed by atoms with van der Waals surface area (Å²) in [7, 11) is 0. The van der Waals surface area contributed by atoms with E-state index in [1.165, 1.54) is 44.6 Å². The van der Waals surface area contributed by atoms with Crippen LogP contribution in [-0.4, -0.2) is 30.2 Å². The highest BCUT2D eigenvalue weighted by atomic mass is 15.3. The van der Waals surface area contributed by atoms with Crippen molar-refractivity contribution < 1.29 is 0 Å². The van der Waals surface area contributed by atoms with E-state index in [0.717, 1.165) is 5.69 Å². The lowest BCUT2D eigenvalue weighted by atomic mass is 10.0. The van der Waals surface area contributed by atoms with Crippen LogP contribution in [0.2, 0.25) is 0 Å². The van der Waals surface area contributed by atoms with Crippen LogP contribution < -0.4 is 10.2 Å². The molecule has 0 bridgehead atoms. The van der Waals surface area contributed by atoms with E-state index in [1.54, 1.807) is 0 Å². The van der Waals surface area contributed by atoms with E-state index in [9.17, 15) is 0 Å². The fraction of sp³-hybridized carbons (Fsp3) is 0.643. The Morgan fingerprint density at radius 2 is 2.24 bits per heavy atom. The molecule has 0 aliphatic carbocycles. The largest absolute Gasteiger partial charge is 0.352 e. The van der Waals surface area contributed by atoms with Crippen LogP contribution in [0, 0.1) is 6.92 Å². The van der Waals surface area contributed by atoms with Crippen LogP contribution in [-0.2, 0) is 0 Å². The standard InChI is InChI=1S/C14H21N3/c1-11-5-2-8-14(16-11)17-10-4-7-13(17)12-6-3-9-15-12/h2,5,8,12-13,15H,3-4,6-7,9-10H2,1H3. The molecule has 3 heteroatoms. The predicted molar refractivity (Wildman–Crippen MR) is 70.4 cm³/mol. The maximum absolute atomic E-state index is 4.67. The van der Waals surface area contributed by atoms with Gasteiger partial charge in [-0.05, 0) is 51.3 Å². The zero-order valence-electron chi connectivity index (χ0n) is 10.5. The van der Waals surface area contributed by atoms with Gasteiger partial charge in [-0.1, -0.05) is 6.07 Å². The SMILES string of the molecule is Cc1cccc(N2CCCC2C2CCCN2)n1. The smallest absolute Gasteiger partial charge is 0.129 e. The number of nitrogens with zero attached hydrogens (tertiary/aromatic N) is 2. The quantitative estimate of drug-likeness (QED) is 0.845. The van der Waals surface area contributed by atoms with Crippen LogP contribution in [0.15, 0.2) is 18.2 Å². The van der Waals surface area contributed by atoms with Crippen molar-refractivity contribution in [3.05, 3.63) is 23.9 Å². The van der Waals surface area contributed by atoms with Crippen molar-refractivity contribution in [1.29, 1.82) is 0 Å². The van der Waals surface area contributed by atoms with Gasteiger partial charge in [0.05, 0.1) is 0 Å². The monoisotopic (exact) mass is 231 g/mol. The van der Waals surface area contributed by atoms with Crippen molar-refractivity contribution in [2.75, 3.05) is 18.0 Å². The first-order chi connectivity index (χ1) is 8.34. The molecule has 0 aromatic carbocycles. The van der Waals surface area contributed by atoms with Gasteiger partial charge in [-0.15, -0.1) is 0 Å². The third-order valence-corrected chi connectivity index (χ3v) is 4.03. The van der Waals surface area contributed by atoms with Gasteiger partial charge in [0.25, 0.3) is 0 Å². The van der Waals surface area contributed by atoms with E-state index >= 15 is 0 Å². The summed E-state index contributed by atoms with van der Waals surface area (Å²) >= 11 is 0. The average molecular weight is 231 g/mol. The molecule has 92 valence electrons. The van der Waals surface area contributed by atoms with E-state index in [0.29, 0.717) is 12.1 Å². The Balaban J connectivity index is 1.81. The number of rotatable bonds is 2. The lowest BCUT2D eigenvalue weighted by Crippen LogP contribution is -2.44. The number of hydrogen-bond donors (Lipinski definition) is 1. The van der Waals surface area contributed by atoms with E-state index in [-0.39, 0.29) is 0 Å². The highest BCUT2D eigenvalue weighted by molar-refractivity contribution is 5.42.